The summed E-state index contributed by atoms with van der Waals surface area (Å²) in [5.74, 6) is -3.14. The van der Waals surface area contributed by atoms with Crippen LogP contribution in [0.15, 0.2) is 11.4 Å². The van der Waals surface area contributed by atoms with Gasteiger partial charge >= 0.3 is 24.4 Å². The van der Waals surface area contributed by atoms with Crippen molar-refractivity contribution in [2.24, 2.45) is 0 Å². The SMILES string of the molecule is CC(C)(C)OC(=O)N/C(C(=O)NC(=O)O)=C(/NC(=O)OC(C)(C)C)C(=O)NC(=O)O. The Kier molecular flexibility index (Phi) is 8.79. The fourth-order valence-electron chi connectivity index (χ4n) is 1.60. The molecule has 0 spiro atoms. The van der Waals surface area contributed by atoms with Gasteiger partial charge in [-0.05, 0) is 41.5 Å². The predicted molar refractivity (Wildman–Crippen MR) is 98.1 cm³/mol. The van der Waals surface area contributed by atoms with Crippen molar-refractivity contribution in [1.82, 2.24) is 21.3 Å². The molecule has 0 heterocycles. The van der Waals surface area contributed by atoms with E-state index in [0.29, 0.717) is 0 Å². The second kappa shape index (κ2) is 10.1. The first-order valence-electron chi connectivity index (χ1n) is 8.24. The summed E-state index contributed by atoms with van der Waals surface area (Å²) < 4.78 is 9.83. The lowest BCUT2D eigenvalue weighted by molar-refractivity contribution is -0.120. The molecule has 0 bridgehead atoms. The van der Waals surface area contributed by atoms with E-state index in [1.807, 2.05) is 10.6 Å². The normalized spacial score (nSPS) is 11.9. The molecule has 0 aliphatic rings. The van der Waals surface area contributed by atoms with E-state index in [-0.39, 0.29) is 0 Å². The smallest absolute Gasteiger partial charge is 0.412 e. The van der Waals surface area contributed by atoms with Gasteiger partial charge in [-0.2, -0.15) is 0 Å². The highest BCUT2D eigenvalue weighted by atomic mass is 16.6. The first-order valence-corrected chi connectivity index (χ1v) is 8.24. The van der Waals surface area contributed by atoms with Crippen molar-refractivity contribution >= 4 is 36.2 Å². The quantitative estimate of drug-likeness (QED) is 0.345. The molecule has 0 unspecified atom stereocenters. The summed E-state index contributed by atoms with van der Waals surface area (Å²) in [6, 6.07) is 0. The maximum absolute atomic E-state index is 12.2. The number of carboxylic acid groups (broad SMARTS) is 2. The zero-order valence-corrected chi connectivity index (χ0v) is 17.2. The average Bonchev–Trinajstić information content (AvgIpc) is 2.45. The summed E-state index contributed by atoms with van der Waals surface area (Å²) in [6.07, 6.45) is -6.33. The molecule has 168 valence electrons. The standard InChI is InChI=1S/C16H24N4O10/c1-15(2,3)29-13(27)17-7(9(21)19-11(23)24)8(10(22)20-12(25)26)18-14(28)30-16(4,5)6/h1-6H3,(H,17,27)(H,18,28)(H,19,21)(H,20,22)(H,23,24)(H,25,26)/b8-7+. The summed E-state index contributed by atoms with van der Waals surface area (Å²) >= 11 is 0. The molecule has 0 radical (unpaired) electrons. The van der Waals surface area contributed by atoms with E-state index >= 15 is 0 Å². The van der Waals surface area contributed by atoms with Crippen LogP contribution in [0.4, 0.5) is 19.2 Å². The van der Waals surface area contributed by atoms with E-state index in [1.165, 1.54) is 52.2 Å². The Bertz CT molecular complexity index is 710. The van der Waals surface area contributed by atoms with Crippen LogP contribution in [-0.4, -0.2) is 57.6 Å². The molecule has 14 heteroatoms. The Labute approximate surface area is 171 Å². The molecule has 14 nitrogen and oxygen atoms in total. The minimum Gasteiger partial charge on any atom is -0.465 e. The van der Waals surface area contributed by atoms with Crippen LogP contribution in [0.5, 0.6) is 0 Å². The zero-order valence-electron chi connectivity index (χ0n) is 17.2. The lowest BCUT2D eigenvalue weighted by Gasteiger charge is -2.22. The first-order chi connectivity index (χ1) is 13.4. The van der Waals surface area contributed by atoms with E-state index in [4.69, 9.17) is 19.7 Å². The maximum Gasteiger partial charge on any atom is 0.412 e. The highest BCUT2D eigenvalue weighted by molar-refractivity contribution is 6.12. The van der Waals surface area contributed by atoms with Gasteiger partial charge in [-0.1, -0.05) is 0 Å². The van der Waals surface area contributed by atoms with E-state index < -0.39 is 58.8 Å². The molecule has 6 N–H and O–H groups in total. The van der Waals surface area contributed by atoms with Crippen molar-refractivity contribution in [3.05, 3.63) is 11.4 Å². The molecule has 0 atom stereocenters. The van der Waals surface area contributed by atoms with Crippen LogP contribution in [0.3, 0.4) is 0 Å². The fraction of sp³-hybridized carbons (Fsp3) is 0.500. The first kappa shape index (κ1) is 26.2. The Balaban J connectivity index is 6.30. The van der Waals surface area contributed by atoms with Gasteiger partial charge in [-0.15, -0.1) is 0 Å². The van der Waals surface area contributed by atoms with Gasteiger partial charge in [0.05, 0.1) is 0 Å². The summed E-state index contributed by atoms with van der Waals surface area (Å²) in [5, 5.41) is 23.8. The minimum absolute atomic E-state index is 1.06. The molecule has 0 aromatic carbocycles. The molecule has 6 amide bonds. The molecule has 30 heavy (non-hydrogen) atoms. The van der Waals surface area contributed by atoms with Gasteiger partial charge in [0.1, 0.15) is 22.6 Å². The van der Waals surface area contributed by atoms with Crippen LogP contribution in [0, 0.1) is 0 Å². The van der Waals surface area contributed by atoms with Gasteiger partial charge in [-0.25, -0.2) is 19.2 Å². The van der Waals surface area contributed by atoms with Crippen molar-refractivity contribution < 1.29 is 48.5 Å². The molecule has 0 fully saturated rings. The van der Waals surface area contributed by atoms with E-state index in [0.717, 1.165) is 0 Å². The number of nitrogens with one attached hydrogen (secondary N) is 4. The Morgan fingerprint density at radius 1 is 0.567 bits per heavy atom. The van der Waals surface area contributed by atoms with Crippen molar-refractivity contribution in [1.29, 1.82) is 0 Å². The van der Waals surface area contributed by atoms with E-state index in [2.05, 4.69) is 0 Å². The minimum atomic E-state index is -1.86. The molecule has 0 aromatic rings. The monoisotopic (exact) mass is 432 g/mol. The van der Waals surface area contributed by atoms with Crippen molar-refractivity contribution in [3.8, 4) is 0 Å². The molecule has 0 rings (SSSR count). The Hall–Kier alpha value is -3.84. The van der Waals surface area contributed by atoms with Gasteiger partial charge < -0.3 is 19.7 Å². The fourth-order valence-corrected chi connectivity index (χ4v) is 1.60. The number of imide groups is 2. The van der Waals surface area contributed by atoms with Crippen LogP contribution in [0.1, 0.15) is 41.5 Å². The van der Waals surface area contributed by atoms with Gasteiger partial charge in [0.25, 0.3) is 11.8 Å². The maximum atomic E-state index is 12.2. The number of ether oxygens (including phenoxy) is 2. The lowest BCUT2D eigenvalue weighted by Crippen LogP contribution is -2.46. The second-order valence-electron chi connectivity index (χ2n) is 7.52. The van der Waals surface area contributed by atoms with Crippen LogP contribution >= 0.6 is 0 Å². The summed E-state index contributed by atoms with van der Waals surface area (Å²) in [7, 11) is 0. The summed E-state index contributed by atoms with van der Waals surface area (Å²) in [5.41, 5.74) is -4.34. The topological polar surface area (TPSA) is 209 Å². The van der Waals surface area contributed by atoms with Gasteiger partial charge in [-0.3, -0.25) is 30.9 Å². The van der Waals surface area contributed by atoms with Gasteiger partial charge in [0.2, 0.25) is 0 Å². The van der Waals surface area contributed by atoms with Crippen molar-refractivity contribution in [2.45, 2.75) is 52.7 Å². The highest BCUT2D eigenvalue weighted by Crippen LogP contribution is 2.10. The number of hydrogen-bond acceptors (Lipinski definition) is 8. The number of carbonyl (C=O) groups is 6. The van der Waals surface area contributed by atoms with E-state index in [1.54, 1.807) is 0 Å². The second-order valence-corrected chi connectivity index (χ2v) is 7.52. The molecule has 0 aromatic heterocycles. The number of amides is 6. The largest absolute Gasteiger partial charge is 0.465 e. The molecular formula is C16H24N4O10. The Morgan fingerprint density at radius 3 is 1.03 bits per heavy atom. The van der Waals surface area contributed by atoms with E-state index in [9.17, 15) is 28.8 Å². The number of hydrogen-bond donors (Lipinski definition) is 6. The van der Waals surface area contributed by atoms with Gasteiger partial charge in [0.15, 0.2) is 0 Å². The molecule has 0 saturated carbocycles. The molecule has 0 saturated heterocycles. The van der Waals surface area contributed by atoms with Crippen LogP contribution < -0.4 is 21.3 Å². The average molecular weight is 432 g/mol. The third kappa shape index (κ3) is 11.1. The van der Waals surface area contributed by atoms with Crippen LogP contribution in [-0.2, 0) is 19.1 Å². The Morgan fingerprint density at radius 2 is 0.833 bits per heavy atom. The highest BCUT2D eigenvalue weighted by Gasteiger charge is 2.30. The van der Waals surface area contributed by atoms with Crippen LogP contribution in [0.25, 0.3) is 0 Å². The van der Waals surface area contributed by atoms with Crippen molar-refractivity contribution in [2.75, 3.05) is 0 Å². The predicted octanol–water partition coefficient (Wildman–Crippen LogP) is 0.836. The lowest BCUT2D eigenvalue weighted by atomic mass is 10.2. The van der Waals surface area contributed by atoms with Crippen molar-refractivity contribution in [3.63, 3.8) is 0 Å². The van der Waals surface area contributed by atoms with Gasteiger partial charge in [0, 0.05) is 0 Å². The zero-order chi connectivity index (χ0) is 23.9. The molecule has 0 aliphatic carbocycles. The molecular weight excluding hydrogens is 408 g/mol. The number of alkyl carbamates (subject to hydrolysis) is 2. The third-order valence-electron chi connectivity index (χ3n) is 2.40. The third-order valence-corrected chi connectivity index (χ3v) is 2.40. The van der Waals surface area contributed by atoms with Crippen LogP contribution in [0.2, 0.25) is 0 Å². The summed E-state index contributed by atoms with van der Waals surface area (Å²) in [4.78, 5) is 70.1. The molecule has 0 aliphatic heterocycles. The number of carbonyl (C=O) groups excluding carboxylic acids is 4. The number of rotatable bonds is 4. The summed E-state index contributed by atoms with van der Waals surface area (Å²) in [6.45, 7) is 8.86.